The summed E-state index contributed by atoms with van der Waals surface area (Å²) >= 11 is 7.57. The van der Waals surface area contributed by atoms with Crippen LogP contribution in [0.25, 0.3) is 0 Å². The van der Waals surface area contributed by atoms with E-state index in [1.165, 1.54) is 20.2 Å². The molecule has 0 spiro atoms. The number of carbonyl (C=O) groups excluding carboxylic acids is 2. The van der Waals surface area contributed by atoms with Gasteiger partial charge in [-0.05, 0) is 18.9 Å². The van der Waals surface area contributed by atoms with Gasteiger partial charge in [0, 0.05) is 36.5 Å². The van der Waals surface area contributed by atoms with Gasteiger partial charge in [0.2, 0.25) is 0 Å². The molecule has 1 amide bonds. The van der Waals surface area contributed by atoms with Crippen molar-refractivity contribution in [3.63, 3.8) is 0 Å². The Morgan fingerprint density at radius 2 is 1.93 bits per heavy atom. The number of alkyl carbamates (subject to hydrolysis) is 1. The molecule has 1 fully saturated rings. The molecular formula is C27H38ClN4O10PS. The van der Waals surface area contributed by atoms with E-state index in [0.717, 1.165) is 28.0 Å². The van der Waals surface area contributed by atoms with Crippen molar-refractivity contribution >= 4 is 42.3 Å². The zero-order valence-corrected chi connectivity index (χ0v) is 27.3. The summed E-state index contributed by atoms with van der Waals surface area (Å²) in [5, 5.41) is 16.1. The summed E-state index contributed by atoms with van der Waals surface area (Å²) in [4.78, 5) is 48.5. The predicted molar refractivity (Wildman–Crippen MR) is 165 cm³/mol. The first-order valence-corrected chi connectivity index (χ1v) is 16.6. The van der Waals surface area contributed by atoms with Gasteiger partial charge >= 0.3 is 19.5 Å². The number of aliphatic hydroxyl groups excluding tert-OH is 1. The van der Waals surface area contributed by atoms with Gasteiger partial charge in [-0.3, -0.25) is 28.2 Å². The molecule has 3 rings (SSSR count). The second-order valence-corrected chi connectivity index (χ2v) is 14.5. The molecule has 0 radical (unpaired) electrons. The number of rotatable bonds is 15. The molecule has 0 aliphatic carbocycles. The van der Waals surface area contributed by atoms with E-state index in [1.807, 2.05) is 30.3 Å². The average Bonchev–Trinajstić information content (AvgIpc) is 3.21. The third-order valence-corrected chi connectivity index (χ3v) is 10.0. The molecule has 1 saturated heterocycles. The van der Waals surface area contributed by atoms with Gasteiger partial charge in [-0.2, -0.15) is 0 Å². The molecule has 5 atom stereocenters. The number of aromatic amines is 1. The molecule has 1 aromatic heterocycles. The Morgan fingerprint density at radius 3 is 2.59 bits per heavy atom. The van der Waals surface area contributed by atoms with Gasteiger partial charge in [0.15, 0.2) is 11.3 Å². The number of hydrogen-bond acceptors (Lipinski definition) is 11. The van der Waals surface area contributed by atoms with Crippen LogP contribution in [0.1, 0.15) is 39.0 Å². The van der Waals surface area contributed by atoms with Crippen LogP contribution in [-0.4, -0.2) is 75.6 Å². The Morgan fingerprint density at radius 1 is 1.23 bits per heavy atom. The van der Waals surface area contributed by atoms with Crippen molar-refractivity contribution in [2.45, 2.75) is 57.0 Å². The Bertz CT molecular complexity index is 1440. The maximum atomic E-state index is 13.8. The third-order valence-electron chi connectivity index (χ3n) is 6.88. The van der Waals surface area contributed by atoms with Gasteiger partial charge in [0.25, 0.3) is 5.56 Å². The maximum Gasteiger partial charge on any atom is 0.406 e. The lowest BCUT2D eigenvalue weighted by molar-refractivity contribution is -0.118. The number of aromatic nitrogens is 2. The number of carbonyl (C=O) groups is 2. The number of nitrogens with one attached hydrogen (secondary N) is 3. The lowest BCUT2D eigenvalue weighted by Gasteiger charge is -2.26. The van der Waals surface area contributed by atoms with Crippen molar-refractivity contribution < 1.29 is 37.8 Å². The van der Waals surface area contributed by atoms with E-state index in [-0.39, 0.29) is 30.6 Å². The van der Waals surface area contributed by atoms with Gasteiger partial charge in [0.05, 0.1) is 20.3 Å². The lowest BCUT2D eigenvalue weighted by atomic mass is 9.91. The number of halogens is 1. The molecule has 1 aliphatic heterocycles. The Labute approximate surface area is 263 Å². The van der Waals surface area contributed by atoms with Crippen LogP contribution in [0.5, 0.6) is 0 Å². The summed E-state index contributed by atoms with van der Waals surface area (Å²) in [7, 11) is -2.78. The molecule has 2 aromatic rings. The molecule has 4 N–H and O–H groups in total. The first kappa shape index (κ1) is 36.0. The number of H-pyrrole nitrogens is 1. The number of thioether (sulfide) groups is 1. The highest BCUT2D eigenvalue weighted by atomic mass is 35.5. The number of ether oxygens (including phenoxy) is 2. The van der Waals surface area contributed by atoms with Crippen LogP contribution in [-0.2, 0) is 34.4 Å². The summed E-state index contributed by atoms with van der Waals surface area (Å²) in [5.74, 6) is 0.159. The van der Waals surface area contributed by atoms with Crippen molar-refractivity contribution in [1.82, 2.24) is 20.0 Å². The van der Waals surface area contributed by atoms with Crippen LogP contribution in [0, 0.1) is 5.41 Å². The predicted octanol–water partition coefficient (Wildman–Crippen LogP) is 2.76. The van der Waals surface area contributed by atoms with Crippen molar-refractivity contribution in [1.29, 1.82) is 0 Å². The number of alkyl halides is 1. The first-order valence-electron chi connectivity index (χ1n) is 13.7. The van der Waals surface area contributed by atoms with Gasteiger partial charge in [-0.25, -0.2) is 19.2 Å². The number of aliphatic hydroxyl groups is 1. The third kappa shape index (κ3) is 9.75. The largest absolute Gasteiger partial charge is 0.453 e. The zero-order valence-electron chi connectivity index (χ0n) is 24.8. The second kappa shape index (κ2) is 15.7. The molecule has 1 unspecified atom stereocenters. The van der Waals surface area contributed by atoms with Crippen LogP contribution in [0.3, 0.4) is 0 Å². The molecule has 0 saturated carbocycles. The minimum atomic E-state index is -4.03. The summed E-state index contributed by atoms with van der Waals surface area (Å²) < 4.78 is 36.5. The highest BCUT2D eigenvalue weighted by Gasteiger charge is 2.54. The minimum absolute atomic E-state index is 0.122. The van der Waals surface area contributed by atoms with Crippen LogP contribution in [0.2, 0.25) is 0 Å². The zero-order chi connectivity index (χ0) is 32.5. The smallest absolute Gasteiger partial charge is 0.406 e. The average molecular weight is 677 g/mol. The highest BCUT2D eigenvalue weighted by molar-refractivity contribution is 8.13. The second-order valence-electron chi connectivity index (χ2n) is 10.8. The van der Waals surface area contributed by atoms with Gasteiger partial charge in [-0.15, -0.1) is 11.6 Å². The van der Waals surface area contributed by atoms with E-state index in [4.69, 9.17) is 25.4 Å². The Hall–Kier alpha value is -2.49. The number of benzene rings is 1. The summed E-state index contributed by atoms with van der Waals surface area (Å²) in [6.07, 6.45) is -2.66. The van der Waals surface area contributed by atoms with E-state index in [0.29, 0.717) is 6.42 Å². The first-order chi connectivity index (χ1) is 20.7. The molecule has 1 aliphatic rings. The molecule has 0 bridgehead atoms. The minimum Gasteiger partial charge on any atom is -0.453 e. The molecule has 14 nitrogen and oxygen atoms in total. The highest BCUT2D eigenvalue weighted by Crippen LogP contribution is 2.47. The molecule has 1 aromatic carbocycles. The normalized spacial score (nSPS) is 23.2. The topological polar surface area (TPSA) is 187 Å². The van der Waals surface area contributed by atoms with Crippen molar-refractivity contribution in [2.75, 3.05) is 32.6 Å². The molecule has 244 valence electrons. The monoisotopic (exact) mass is 676 g/mol. The van der Waals surface area contributed by atoms with Crippen LogP contribution in [0.15, 0.2) is 52.2 Å². The van der Waals surface area contributed by atoms with Crippen LogP contribution >= 0.6 is 31.1 Å². The number of methoxy groups -OCH3 is 1. The van der Waals surface area contributed by atoms with Crippen molar-refractivity contribution in [3.8, 4) is 0 Å². The van der Waals surface area contributed by atoms with Gasteiger partial charge < -0.3 is 19.9 Å². The number of hydrogen-bond donors (Lipinski definition) is 4. The van der Waals surface area contributed by atoms with Gasteiger partial charge in [-0.1, -0.05) is 55.9 Å². The summed E-state index contributed by atoms with van der Waals surface area (Å²) in [5.41, 5.74) is -1.35. The van der Waals surface area contributed by atoms with Crippen LogP contribution < -0.4 is 21.7 Å². The maximum absolute atomic E-state index is 13.8. The SMILES string of the molecule is COC(=O)NCCC(C)(C)C(=O)SCCOP(=O)(NCc1ccccc1)OC[C@H]1O[C@@H](n2ccc(=O)[nH]c2=O)[C@](C)(Cl)[C@@H]1O. The molecule has 2 heterocycles. The quantitative estimate of drug-likeness (QED) is 0.123. The Kier molecular flexibility index (Phi) is 12.8. The summed E-state index contributed by atoms with van der Waals surface area (Å²) in [6, 6.07) is 10.2. The van der Waals surface area contributed by atoms with Gasteiger partial charge in [0.1, 0.15) is 17.1 Å². The van der Waals surface area contributed by atoms with E-state index in [2.05, 4.69) is 20.1 Å². The lowest BCUT2D eigenvalue weighted by Crippen LogP contribution is -2.43. The van der Waals surface area contributed by atoms with E-state index < -0.39 is 60.4 Å². The molecule has 44 heavy (non-hydrogen) atoms. The molecule has 17 heteroatoms. The van der Waals surface area contributed by atoms with E-state index in [9.17, 15) is 28.8 Å². The fourth-order valence-corrected chi connectivity index (χ4v) is 6.76. The van der Waals surface area contributed by atoms with E-state index in [1.54, 1.807) is 13.8 Å². The number of amides is 1. The van der Waals surface area contributed by atoms with Crippen molar-refractivity contribution in [3.05, 3.63) is 69.0 Å². The fourth-order valence-electron chi connectivity index (χ4n) is 4.19. The standard InChI is InChI=1S/C27H38ClN4O10PS/c1-26(2,11-12-29-25(37)39-4)23(35)44-15-14-40-43(38,30-16-18-8-6-5-7-9-18)41-17-19-21(34)27(3,28)22(42-19)32-13-10-20(33)31-24(32)36/h5-10,13,19,21-22,34H,11-12,14-17H2,1-4H3,(H,29,37)(H,30,38)(H,31,33,36)/t19-,21-,22-,27-,43?/m1/s1. The van der Waals surface area contributed by atoms with E-state index >= 15 is 0 Å². The van der Waals surface area contributed by atoms with Crippen LogP contribution in [0.4, 0.5) is 4.79 Å². The number of nitrogens with zero attached hydrogens (tertiary/aromatic N) is 1. The van der Waals surface area contributed by atoms with Crippen molar-refractivity contribution in [2.24, 2.45) is 5.41 Å². The summed E-state index contributed by atoms with van der Waals surface area (Å²) in [6.45, 7) is 4.80. The fraction of sp³-hybridized carbons (Fsp3) is 0.556. The molecular weight excluding hydrogens is 639 g/mol. The Balaban J connectivity index is 1.63.